The van der Waals surface area contributed by atoms with Gasteiger partial charge in [-0.3, -0.25) is 4.79 Å². The van der Waals surface area contributed by atoms with Crippen molar-refractivity contribution in [3.05, 3.63) is 0 Å². The number of hydrogen-bond acceptors (Lipinski definition) is 3. The van der Waals surface area contributed by atoms with Crippen molar-refractivity contribution in [3.63, 3.8) is 0 Å². The van der Waals surface area contributed by atoms with Crippen LogP contribution in [0.15, 0.2) is 0 Å². The molecule has 0 aliphatic carbocycles. The maximum atomic E-state index is 10.7. The Balaban J connectivity index is 2.52. The van der Waals surface area contributed by atoms with Gasteiger partial charge in [-0.1, -0.05) is 6.92 Å². The lowest BCUT2D eigenvalue weighted by atomic mass is 9.76. The number of carboxylic acids is 1. The van der Waals surface area contributed by atoms with Crippen LogP contribution in [-0.4, -0.2) is 42.2 Å². The van der Waals surface area contributed by atoms with Crippen molar-refractivity contribution in [1.82, 2.24) is 4.90 Å². The van der Waals surface area contributed by atoms with Gasteiger partial charge in [-0.15, -0.1) is 0 Å². The molecule has 1 saturated heterocycles. The van der Waals surface area contributed by atoms with Gasteiger partial charge in [0.05, 0.1) is 6.42 Å². The molecule has 1 rings (SSSR count). The SMILES string of the molecule is CCN1CCC(CN)(CC(=O)O)CC1. The van der Waals surface area contributed by atoms with Crippen LogP contribution in [0.2, 0.25) is 0 Å². The summed E-state index contributed by atoms with van der Waals surface area (Å²) in [7, 11) is 0. The molecule has 1 fully saturated rings. The Labute approximate surface area is 85.1 Å². The van der Waals surface area contributed by atoms with E-state index in [1.165, 1.54) is 0 Å². The number of carboxylic acid groups (broad SMARTS) is 1. The summed E-state index contributed by atoms with van der Waals surface area (Å²) in [5, 5.41) is 8.82. The molecule has 3 N–H and O–H groups in total. The summed E-state index contributed by atoms with van der Waals surface area (Å²) in [6, 6.07) is 0. The summed E-state index contributed by atoms with van der Waals surface area (Å²) in [6.45, 7) is 5.65. The van der Waals surface area contributed by atoms with Crippen LogP contribution >= 0.6 is 0 Å². The summed E-state index contributed by atoms with van der Waals surface area (Å²) >= 11 is 0. The Bertz CT molecular complexity index is 198. The van der Waals surface area contributed by atoms with E-state index < -0.39 is 5.97 Å². The van der Waals surface area contributed by atoms with Crippen molar-refractivity contribution in [3.8, 4) is 0 Å². The van der Waals surface area contributed by atoms with E-state index in [4.69, 9.17) is 10.8 Å². The molecular weight excluding hydrogens is 180 g/mol. The first kappa shape index (κ1) is 11.5. The molecule has 0 aromatic carbocycles. The lowest BCUT2D eigenvalue weighted by Crippen LogP contribution is -2.44. The quantitative estimate of drug-likeness (QED) is 0.694. The molecule has 0 atom stereocenters. The van der Waals surface area contributed by atoms with Gasteiger partial charge in [0.25, 0.3) is 0 Å². The second-order valence-electron chi connectivity index (χ2n) is 4.21. The predicted octanol–water partition coefficient (Wildman–Crippen LogP) is 0.522. The minimum Gasteiger partial charge on any atom is -0.481 e. The fourth-order valence-electron chi connectivity index (χ4n) is 2.12. The Morgan fingerprint density at radius 3 is 2.43 bits per heavy atom. The highest BCUT2D eigenvalue weighted by atomic mass is 16.4. The molecule has 0 saturated carbocycles. The Kier molecular flexibility index (Phi) is 3.89. The first-order chi connectivity index (χ1) is 6.62. The van der Waals surface area contributed by atoms with Crippen molar-refractivity contribution in [2.24, 2.45) is 11.1 Å². The Morgan fingerprint density at radius 1 is 1.50 bits per heavy atom. The first-order valence-electron chi connectivity index (χ1n) is 5.26. The zero-order valence-electron chi connectivity index (χ0n) is 8.83. The van der Waals surface area contributed by atoms with E-state index in [0.29, 0.717) is 6.54 Å². The van der Waals surface area contributed by atoms with Crippen LogP contribution in [0.5, 0.6) is 0 Å². The average molecular weight is 200 g/mol. The van der Waals surface area contributed by atoms with Gasteiger partial charge in [0.2, 0.25) is 0 Å². The summed E-state index contributed by atoms with van der Waals surface area (Å²) in [5.74, 6) is -0.722. The van der Waals surface area contributed by atoms with E-state index in [0.717, 1.165) is 32.5 Å². The van der Waals surface area contributed by atoms with Crippen molar-refractivity contribution < 1.29 is 9.90 Å². The third-order valence-corrected chi connectivity index (χ3v) is 3.32. The second-order valence-corrected chi connectivity index (χ2v) is 4.21. The summed E-state index contributed by atoms with van der Waals surface area (Å²) in [6.07, 6.45) is 2.06. The van der Waals surface area contributed by atoms with E-state index in [9.17, 15) is 4.79 Å². The van der Waals surface area contributed by atoms with Crippen LogP contribution in [0.4, 0.5) is 0 Å². The van der Waals surface area contributed by atoms with Crippen LogP contribution in [0.1, 0.15) is 26.2 Å². The monoisotopic (exact) mass is 200 g/mol. The third-order valence-electron chi connectivity index (χ3n) is 3.32. The molecule has 1 aliphatic heterocycles. The van der Waals surface area contributed by atoms with Gasteiger partial charge in [0.15, 0.2) is 0 Å². The molecule has 0 aromatic heterocycles. The molecule has 4 nitrogen and oxygen atoms in total. The molecule has 14 heavy (non-hydrogen) atoms. The van der Waals surface area contributed by atoms with Gasteiger partial charge in [-0.2, -0.15) is 0 Å². The number of nitrogens with zero attached hydrogens (tertiary/aromatic N) is 1. The second kappa shape index (κ2) is 4.75. The standard InChI is InChI=1S/C10H20N2O2/c1-2-12-5-3-10(8-11,4-6-12)7-9(13)14/h2-8,11H2,1H3,(H,13,14). The number of likely N-dealkylation sites (tertiary alicyclic amines) is 1. The van der Waals surface area contributed by atoms with Crippen LogP contribution in [-0.2, 0) is 4.79 Å². The topological polar surface area (TPSA) is 66.6 Å². The normalized spacial score (nSPS) is 22.1. The highest BCUT2D eigenvalue weighted by Crippen LogP contribution is 2.33. The largest absolute Gasteiger partial charge is 0.481 e. The van der Waals surface area contributed by atoms with Crippen LogP contribution in [0.25, 0.3) is 0 Å². The van der Waals surface area contributed by atoms with Crippen LogP contribution < -0.4 is 5.73 Å². The van der Waals surface area contributed by atoms with Gasteiger partial charge in [0, 0.05) is 0 Å². The molecule has 0 aromatic rings. The van der Waals surface area contributed by atoms with Gasteiger partial charge < -0.3 is 15.7 Å². The maximum absolute atomic E-state index is 10.7. The minimum atomic E-state index is -0.722. The van der Waals surface area contributed by atoms with E-state index in [-0.39, 0.29) is 11.8 Å². The van der Waals surface area contributed by atoms with Gasteiger partial charge >= 0.3 is 5.97 Å². The fourth-order valence-corrected chi connectivity index (χ4v) is 2.12. The Morgan fingerprint density at radius 2 is 2.07 bits per heavy atom. The fraction of sp³-hybridized carbons (Fsp3) is 0.900. The summed E-state index contributed by atoms with van der Waals surface area (Å²) in [4.78, 5) is 13.1. The first-order valence-corrected chi connectivity index (χ1v) is 5.26. The van der Waals surface area contributed by atoms with Crippen molar-refractivity contribution in [2.45, 2.75) is 26.2 Å². The highest BCUT2D eigenvalue weighted by Gasteiger charge is 2.34. The zero-order chi connectivity index (χ0) is 10.6. The molecule has 0 spiro atoms. The third kappa shape index (κ3) is 2.69. The number of piperidine rings is 1. The number of nitrogens with two attached hydrogens (primary N) is 1. The van der Waals surface area contributed by atoms with Gasteiger partial charge in [0.1, 0.15) is 0 Å². The van der Waals surface area contributed by atoms with E-state index in [2.05, 4.69) is 11.8 Å². The zero-order valence-corrected chi connectivity index (χ0v) is 8.83. The molecule has 0 radical (unpaired) electrons. The Hall–Kier alpha value is -0.610. The maximum Gasteiger partial charge on any atom is 0.303 e. The number of aliphatic carboxylic acids is 1. The lowest BCUT2D eigenvalue weighted by Gasteiger charge is -2.39. The summed E-state index contributed by atoms with van der Waals surface area (Å²) < 4.78 is 0. The molecule has 1 aliphatic rings. The lowest BCUT2D eigenvalue weighted by molar-refractivity contribution is -0.140. The molecule has 0 unspecified atom stereocenters. The van der Waals surface area contributed by atoms with E-state index in [1.807, 2.05) is 0 Å². The van der Waals surface area contributed by atoms with Crippen LogP contribution in [0.3, 0.4) is 0 Å². The van der Waals surface area contributed by atoms with Crippen LogP contribution in [0, 0.1) is 5.41 Å². The van der Waals surface area contributed by atoms with Gasteiger partial charge in [-0.25, -0.2) is 0 Å². The smallest absolute Gasteiger partial charge is 0.303 e. The van der Waals surface area contributed by atoms with E-state index in [1.54, 1.807) is 0 Å². The van der Waals surface area contributed by atoms with Crippen molar-refractivity contribution in [2.75, 3.05) is 26.2 Å². The molecule has 4 heteroatoms. The molecular formula is C10H20N2O2. The molecule has 82 valence electrons. The number of hydrogen-bond donors (Lipinski definition) is 2. The van der Waals surface area contributed by atoms with E-state index >= 15 is 0 Å². The average Bonchev–Trinajstić information content (AvgIpc) is 2.18. The molecule has 0 amide bonds. The molecule has 1 heterocycles. The molecule has 0 bridgehead atoms. The summed E-state index contributed by atoms with van der Waals surface area (Å²) in [5.41, 5.74) is 5.55. The number of rotatable bonds is 4. The van der Waals surface area contributed by atoms with Crippen molar-refractivity contribution in [1.29, 1.82) is 0 Å². The van der Waals surface area contributed by atoms with Crippen molar-refractivity contribution >= 4 is 5.97 Å². The highest BCUT2D eigenvalue weighted by molar-refractivity contribution is 5.67. The minimum absolute atomic E-state index is 0.141. The number of carbonyl (C=O) groups is 1. The van der Waals surface area contributed by atoms with Gasteiger partial charge in [-0.05, 0) is 44.4 Å². The predicted molar refractivity (Wildman–Crippen MR) is 55.1 cm³/mol.